The van der Waals surface area contributed by atoms with Crippen LogP contribution >= 0.6 is 0 Å². The van der Waals surface area contributed by atoms with Gasteiger partial charge >= 0.3 is 5.97 Å². The lowest BCUT2D eigenvalue weighted by molar-refractivity contribution is -0.143. The number of ether oxygens (including phenoxy) is 2. The minimum absolute atomic E-state index is 0.150. The Labute approximate surface area is 142 Å². The van der Waals surface area contributed by atoms with Gasteiger partial charge in [-0.25, -0.2) is 4.39 Å². The summed E-state index contributed by atoms with van der Waals surface area (Å²) in [6.45, 7) is 4.51. The summed E-state index contributed by atoms with van der Waals surface area (Å²) < 4.78 is 23.9. The number of carbonyl (C=O) groups is 1. The first-order valence-electron chi connectivity index (χ1n) is 8.21. The summed E-state index contributed by atoms with van der Waals surface area (Å²) in [5.41, 5.74) is 2.99. The average Bonchev–Trinajstić information content (AvgIpc) is 2.57. The number of carbonyl (C=O) groups excluding carboxylic acids is 1. The van der Waals surface area contributed by atoms with Crippen molar-refractivity contribution in [1.82, 2.24) is 0 Å². The summed E-state index contributed by atoms with van der Waals surface area (Å²) in [5, 5.41) is 0. The van der Waals surface area contributed by atoms with Crippen LogP contribution in [-0.4, -0.2) is 12.6 Å². The molecule has 0 aliphatic rings. The van der Waals surface area contributed by atoms with Crippen molar-refractivity contribution in [3.05, 3.63) is 65.0 Å². The molecule has 2 aromatic rings. The zero-order chi connectivity index (χ0) is 17.4. The van der Waals surface area contributed by atoms with Crippen LogP contribution in [0.3, 0.4) is 0 Å². The summed E-state index contributed by atoms with van der Waals surface area (Å²) in [7, 11) is 0. The van der Waals surface area contributed by atoms with Crippen LogP contribution in [0.4, 0.5) is 4.39 Å². The standard InChI is InChI=1S/C20H23FO3/c1-3-23-20(22)6-4-5-16-8-11-19(12-9-16)24-14-17-13-18(21)10-7-15(17)2/h7-13H,3-6,14H2,1-2H3. The largest absolute Gasteiger partial charge is 0.489 e. The number of hydrogen-bond acceptors (Lipinski definition) is 3. The maximum atomic E-state index is 13.3. The first kappa shape index (κ1) is 18.0. The van der Waals surface area contributed by atoms with Crippen molar-refractivity contribution in [2.24, 2.45) is 0 Å². The molecule has 0 unspecified atom stereocenters. The molecule has 0 bridgehead atoms. The van der Waals surface area contributed by atoms with E-state index in [1.807, 2.05) is 38.1 Å². The van der Waals surface area contributed by atoms with E-state index >= 15 is 0 Å². The minimum Gasteiger partial charge on any atom is -0.489 e. The molecule has 0 aliphatic heterocycles. The SMILES string of the molecule is CCOC(=O)CCCc1ccc(OCc2cc(F)ccc2C)cc1. The van der Waals surface area contributed by atoms with Gasteiger partial charge in [-0.2, -0.15) is 0 Å². The van der Waals surface area contributed by atoms with Gasteiger partial charge in [0.25, 0.3) is 0 Å². The Hall–Kier alpha value is -2.36. The number of halogens is 1. The van der Waals surface area contributed by atoms with Crippen LogP contribution in [0.1, 0.15) is 36.5 Å². The number of benzene rings is 2. The molecule has 0 aromatic heterocycles. The Bertz CT molecular complexity index is 665. The van der Waals surface area contributed by atoms with Crippen LogP contribution in [0.15, 0.2) is 42.5 Å². The monoisotopic (exact) mass is 330 g/mol. The molecule has 2 rings (SSSR count). The van der Waals surface area contributed by atoms with Crippen LogP contribution in [0.25, 0.3) is 0 Å². The molecule has 0 heterocycles. The Kier molecular flexibility index (Phi) is 6.79. The third-order valence-electron chi connectivity index (χ3n) is 3.78. The molecule has 24 heavy (non-hydrogen) atoms. The van der Waals surface area contributed by atoms with Gasteiger partial charge in [0.05, 0.1) is 6.61 Å². The molecule has 2 aromatic carbocycles. The summed E-state index contributed by atoms with van der Waals surface area (Å²) >= 11 is 0. The van der Waals surface area contributed by atoms with Gasteiger partial charge < -0.3 is 9.47 Å². The van der Waals surface area contributed by atoms with E-state index in [2.05, 4.69) is 0 Å². The van der Waals surface area contributed by atoms with Crippen LogP contribution in [-0.2, 0) is 22.6 Å². The highest BCUT2D eigenvalue weighted by Gasteiger charge is 2.04. The maximum Gasteiger partial charge on any atom is 0.305 e. The molecule has 0 saturated heterocycles. The fraction of sp³-hybridized carbons (Fsp3) is 0.350. The van der Waals surface area contributed by atoms with Gasteiger partial charge in [-0.1, -0.05) is 18.2 Å². The molecule has 0 saturated carbocycles. The summed E-state index contributed by atoms with van der Waals surface area (Å²) in [6.07, 6.45) is 2.02. The van der Waals surface area contributed by atoms with E-state index in [0.29, 0.717) is 19.6 Å². The Morgan fingerprint density at radius 1 is 1.12 bits per heavy atom. The molecule has 0 N–H and O–H groups in total. The zero-order valence-electron chi connectivity index (χ0n) is 14.2. The highest BCUT2D eigenvalue weighted by atomic mass is 19.1. The van der Waals surface area contributed by atoms with Crippen molar-refractivity contribution >= 4 is 5.97 Å². The Morgan fingerprint density at radius 3 is 2.58 bits per heavy atom. The highest BCUT2D eigenvalue weighted by molar-refractivity contribution is 5.69. The Morgan fingerprint density at radius 2 is 1.88 bits per heavy atom. The quantitative estimate of drug-likeness (QED) is 0.664. The van der Waals surface area contributed by atoms with Crippen molar-refractivity contribution in [1.29, 1.82) is 0 Å². The molecule has 0 spiro atoms. The van der Waals surface area contributed by atoms with Crippen LogP contribution in [0, 0.1) is 12.7 Å². The van der Waals surface area contributed by atoms with E-state index < -0.39 is 0 Å². The van der Waals surface area contributed by atoms with E-state index in [9.17, 15) is 9.18 Å². The fourth-order valence-corrected chi connectivity index (χ4v) is 2.38. The molecular weight excluding hydrogens is 307 g/mol. The number of aryl methyl sites for hydroxylation is 2. The van der Waals surface area contributed by atoms with Crippen molar-refractivity contribution in [2.75, 3.05) is 6.61 Å². The van der Waals surface area contributed by atoms with Gasteiger partial charge in [-0.3, -0.25) is 4.79 Å². The second kappa shape index (κ2) is 9.06. The number of rotatable bonds is 8. The van der Waals surface area contributed by atoms with E-state index in [1.165, 1.54) is 12.1 Å². The lowest BCUT2D eigenvalue weighted by Crippen LogP contribution is -2.04. The van der Waals surface area contributed by atoms with Gasteiger partial charge in [0.1, 0.15) is 18.2 Å². The first-order valence-corrected chi connectivity index (χ1v) is 8.21. The molecule has 0 amide bonds. The van der Waals surface area contributed by atoms with Crippen LogP contribution in [0.5, 0.6) is 5.75 Å². The molecule has 0 atom stereocenters. The van der Waals surface area contributed by atoms with Crippen molar-refractivity contribution in [2.45, 2.75) is 39.7 Å². The predicted molar refractivity (Wildman–Crippen MR) is 91.5 cm³/mol. The topological polar surface area (TPSA) is 35.5 Å². The smallest absolute Gasteiger partial charge is 0.305 e. The summed E-state index contributed by atoms with van der Waals surface area (Å²) in [4.78, 5) is 11.3. The zero-order valence-corrected chi connectivity index (χ0v) is 14.2. The van der Waals surface area contributed by atoms with Crippen molar-refractivity contribution < 1.29 is 18.7 Å². The molecule has 128 valence electrons. The van der Waals surface area contributed by atoms with Crippen molar-refractivity contribution in [3.63, 3.8) is 0 Å². The first-order chi connectivity index (χ1) is 11.6. The van der Waals surface area contributed by atoms with E-state index in [4.69, 9.17) is 9.47 Å². The molecule has 4 heteroatoms. The highest BCUT2D eigenvalue weighted by Crippen LogP contribution is 2.17. The van der Waals surface area contributed by atoms with Gasteiger partial charge in [0, 0.05) is 6.42 Å². The predicted octanol–water partition coefficient (Wildman–Crippen LogP) is 4.60. The number of hydrogen-bond donors (Lipinski definition) is 0. The second-order valence-corrected chi connectivity index (χ2v) is 5.66. The summed E-state index contributed by atoms with van der Waals surface area (Å²) in [6, 6.07) is 12.5. The normalized spacial score (nSPS) is 10.5. The lowest BCUT2D eigenvalue weighted by Gasteiger charge is -2.09. The van der Waals surface area contributed by atoms with E-state index in [0.717, 1.165) is 35.3 Å². The molecular formula is C20H23FO3. The molecule has 0 aliphatic carbocycles. The fourth-order valence-electron chi connectivity index (χ4n) is 2.38. The van der Waals surface area contributed by atoms with Gasteiger partial charge in [-0.05, 0) is 67.6 Å². The third-order valence-corrected chi connectivity index (χ3v) is 3.78. The van der Waals surface area contributed by atoms with Crippen molar-refractivity contribution in [3.8, 4) is 5.75 Å². The second-order valence-electron chi connectivity index (χ2n) is 5.66. The number of esters is 1. The third kappa shape index (κ3) is 5.69. The van der Waals surface area contributed by atoms with Crippen LogP contribution in [0.2, 0.25) is 0 Å². The molecule has 0 radical (unpaired) electrons. The van der Waals surface area contributed by atoms with Crippen LogP contribution < -0.4 is 4.74 Å². The lowest BCUT2D eigenvalue weighted by atomic mass is 10.1. The van der Waals surface area contributed by atoms with Gasteiger partial charge in [0.2, 0.25) is 0 Å². The van der Waals surface area contributed by atoms with E-state index in [1.54, 1.807) is 6.07 Å². The maximum absolute atomic E-state index is 13.3. The van der Waals surface area contributed by atoms with E-state index in [-0.39, 0.29) is 11.8 Å². The minimum atomic E-state index is -0.254. The van der Waals surface area contributed by atoms with Gasteiger partial charge in [0.15, 0.2) is 0 Å². The molecule has 3 nitrogen and oxygen atoms in total. The Balaban J connectivity index is 1.81. The average molecular weight is 330 g/mol. The van der Waals surface area contributed by atoms with Gasteiger partial charge in [-0.15, -0.1) is 0 Å². The molecule has 0 fully saturated rings. The summed E-state index contributed by atoms with van der Waals surface area (Å²) in [5.74, 6) is 0.340.